The van der Waals surface area contributed by atoms with E-state index in [1.54, 1.807) is 0 Å². The Morgan fingerprint density at radius 2 is 2.07 bits per heavy atom. The number of rotatable bonds is 1. The highest BCUT2D eigenvalue weighted by molar-refractivity contribution is 9.10. The third-order valence-electron chi connectivity index (χ3n) is 3.15. The summed E-state index contributed by atoms with van der Waals surface area (Å²) in [6.07, 6.45) is 1.82. The van der Waals surface area contributed by atoms with Crippen LogP contribution in [0.25, 0.3) is 0 Å². The van der Waals surface area contributed by atoms with E-state index < -0.39 is 0 Å². The quantitative estimate of drug-likeness (QED) is 0.847. The third kappa shape index (κ3) is 1.44. The average Bonchev–Trinajstić information content (AvgIpc) is 3.01. The van der Waals surface area contributed by atoms with Crippen LogP contribution < -0.4 is 0 Å². The Morgan fingerprint density at radius 1 is 1.47 bits per heavy atom. The monoisotopic (exact) mass is 265 g/mol. The van der Waals surface area contributed by atoms with E-state index in [1.165, 1.54) is 0 Å². The lowest BCUT2D eigenvalue weighted by molar-refractivity contribution is 0.465. The molecule has 15 heavy (non-hydrogen) atoms. The van der Waals surface area contributed by atoms with Crippen molar-refractivity contribution in [2.75, 3.05) is 0 Å². The topological polar surface area (TPSA) is 44.0 Å². The van der Waals surface area contributed by atoms with Crippen LogP contribution in [0, 0.1) is 25.2 Å². The highest BCUT2D eigenvalue weighted by Gasteiger charge is 2.46. The van der Waals surface area contributed by atoms with Gasteiger partial charge < -0.3 is 5.11 Å². The van der Waals surface area contributed by atoms with Gasteiger partial charge in [-0.1, -0.05) is 6.07 Å². The number of aromatic hydroxyl groups is 1. The predicted molar refractivity (Wildman–Crippen MR) is 61.8 cm³/mol. The number of benzene rings is 1. The van der Waals surface area contributed by atoms with Crippen molar-refractivity contribution >= 4 is 15.9 Å². The van der Waals surface area contributed by atoms with E-state index in [4.69, 9.17) is 5.26 Å². The first kappa shape index (κ1) is 10.5. The fourth-order valence-electron chi connectivity index (χ4n) is 1.93. The second-order valence-corrected chi connectivity index (χ2v) is 5.02. The Kier molecular flexibility index (Phi) is 2.27. The summed E-state index contributed by atoms with van der Waals surface area (Å²) in [4.78, 5) is 0. The molecule has 1 aromatic carbocycles. The Hall–Kier alpha value is -1.01. The molecule has 0 radical (unpaired) electrons. The second-order valence-electron chi connectivity index (χ2n) is 4.22. The van der Waals surface area contributed by atoms with Gasteiger partial charge in [0.05, 0.1) is 16.0 Å². The zero-order valence-corrected chi connectivity index (χ0v) is 10.3. The largest absolute Gasteiger partial charge is 0.506 e. The van der Waals surface area contributed by atoms with Crippen LogP contribution in [0.1, 0.15) is 29.5 Å². The number of hydrogen-bond donors (Lipinski definition) is 1. The summed E-state index contributed by atoms with van der Waals surface area (Å²) in [5, 5.41) is 19.0. The molecule has 0 atom stereocenters. The summed E-state index contributed by atoms with van der Waals surface area (Å²) in [5.74, 6) is 0.270. The van der Waals surface area contributed by atoms with Gasteiger partial charge in [-0.3, -0.25) is 0 Å². The molecule has 0 aliphatic heterocycles. The van der Waals surface area contributed by atoms with Crippen molar-refractivity contribution in [2.45, 2.75) is 32.1 Å². The minimum absolute atomic E-state index is 0.270. The lowest BCUT2D eigenvalue weighted by Gasteiger charge is -2.14. The summed E-state index contributed by atoms with van der Waals surface area (Å²) < 4.78 is 0.734. The lowest BCUT2D eigenvalue weighted by atomic mass is 9.91. The molecular weight excluding hydrogens is 254 g/mol. The zero-order valence-electron chi connectivity index (χ0n) is 8.76. The maximum atomic E-state index is 9.90. The van der Waals surface area contributed by atoms with Crippen LogP contribution in [-0.2, 0) is 5.41 Å². The van der Waals surface area contributed by atoms with E-state index in [0.717, 1.165) is 34.0 Å². The Morgan fingerprint density at radius 3 is 2.53 bits per heavy atom. The van der Waals surface area contributed by atoms with E-state index in [1.807, 2.05) is 19.9 Å². The molecule has 3 heteroatoms. The second kappa shape index (κ2) is 3.24. The van der Waals surface area contributed by atoms with Gasteiger partial charge >= 0.3 is 0 Å². The number of phenolic OH excluding ortho intramolecular Hbond substituents is 1. The summed E-state index contributed by atoms with van der Waals surface area (Å²) in [6.45, 7) is 3.80. The summed E-state index contributed by atoms with van der Waals surface area (Å²) in [6, 6.07) is 4.37. The highest BCUT2D eigenvalue weighted by atomic mass is 79.9. The first-order valence-electron chi connectivity index (χ1n) is 4.92. The molecule has 0 saturated heterocycles. The van der Waals surface area contributed by atoms with Crippen molar-refractivity contribution in [3.05, 3.63) is 27.2 Å². The summed E-state index contributed by atoms with van der Waals surface area (Å²) in [5.41, 5.74) is 2.47. The van der Waals surface area contributed by atoms with Gasteiger partial charge in [0.25, 0.3) is 0 Å². The molecule has 2 nitrogen and oxygen atoms in total. The van der Waals surface area contributed by atoms with Crippen molar-refractivity contribution in [1.82, 2.24) is 0 Å². The average molecular weight is 266 g/mol. The predicted octanol–water partition coefficient (Wildman–Crippen LogP) is 3.33. The molecular formula is C12H12BrNO. The molecule has 1 aliphatic carbocycles. The molecule has 1 fully saturated rings. The number of nitriles is 1. The normalized spacial score (nSPS) is 17.2. The molecule has 0 aromatic heterocycles. The van der Waals surface area contributed by atoms with Crippen LogP contribution in [0.15, 0.2) is 10.5 Å². The maximum absolute atomic E-state index is 9.90. The third-order valence-corrected chi connectivity index (χ3v) is 4.15. The molecule has 1 N–H and O–H groups in total. The number of aryl methyl sites for hydroxylation is 1. The van der Waals surface area contributed by atoms with Crippen molar-refractivity contribution in [3.63, 3.8) is 0 Å². The molecule has 0 unspecified atom stereocenters. The van der Waals surface area contributed by atoms with Gasteiger partial charge in [0.15, 0.2) is 0 Å². The van der Waals surface area contributed by atoms with Crippen molar-refractivity contribution < 1.29 is 5.11 Å². The van der Waals surface area contributed by atoms with Gasteiger partial charge in [-0.2, -0.15) is 5.26 Å². The highest BCUT2D eigenvalue weighted by Crippen LogP contribution is 2.51. The minimum atomic E-state index is -0.326. The van der Waals surface area contributed by atoms with Crippen LogP contribution >= 0.6 is 15.9 Å². The fourth-order valence-corrected chi connectivity index (χ4v) is 2.34. The summed E-state index contributed by atoms with van der Waals surface area (Å²) >= 11 is 3.34. The van der Waals surface area contributed by atoms with Gasteiger partial charge in [-0.05, 0) is 59.3 Å². The fraction of sp³-hybridized carbons (Fsp3) is 0.417. The molecule has 0 bridgehead atoms. The minimum Gasteiger partial charge on any atom is -0.506 e. The molecule has 1 aliphatic rings. The van der Waals surface area contributed by atoms with Gasteiger partial charge in [0.2, 0.25) is 0 Å². The van der Waals surface area contributed by atoms with Crippen LogP contribution in [0.2, 0.25) is 0 Å². The first-order valence-corrected chi connectivity index (χ1v) is 5.71. The van der Waals surface area contributed by atoms with E-state index >= 15 is 0 Å². The van der Waals surface area contributed by atoms with Crippen LogP contribution in [0.3, 0.4) is 0 Å². The molecule has 1 saturated carbocycles. The molecule has 78 valence electrons. The smallest absolute Gasteiger partial charge is 0.133 e. The summed E-state index contributed by atoms with van der Waals surface area (Å²) in [7, 11) is 0. The van der Waals surface area contributed by atoms with E-state index in [0.29, 0.717) is 0 Å². The van der Waals surface area contributed by atoms with Crippen LogP contribution in [0.4, 0.5) is 0 Å². The van der Waals surface area contributed by atoms with E-state index in [9.17, 15) is 5.11 Å². The molecule has 0 spiro atoms. The molecule has 0 heterocycles. The van der Waals surface area contributed by atoms with Crippen LogP contribution in [0.5, 0.6) is 5.75 Å². The number of nitrogens with zero attached hydrogens (tertiary/aromatic N) is 1. The standard InChI is InChI=1S/C12H12BrNO/c1-7-5-9(12(6-14)3-4-12)8(2)11(15)10(7)13/h5,15H,3-4H2,1-2H3. The van der Waals surface area contributed by atoms with E-state index in [2.05, 4.69) is 22.0 Å². The molecule has 0 amide bonds. The maximum Gasteiger partial charge on any atom is 0.133 e. The van der Waals surface area contributed by atoms with Crippen molar-refractivity contribution in [2.24, 2.45) is 0 Å². The van der Waals surface area contributed by atoms with Gasteiger partial charge in [0.1, 0.15) is 5.75 Å². The molecule has 2 rings (SSSR count). The number of halogens is 1. The lowest BCUT2D eigenvalue weighted by Crippen LogP contribution is -2.06. The Bertz CT molecular complexity index is 469. The Labute approximate surface area is 97.7 Å². The van der Waals surface area contributed by atoms with E-state index in [-0.39, 0.29) is 11.2 Å². The SMILES string of the molecule is Cc1cc(C2(C#N)CC2)c(C)c(O)c1Br. The van der Waals surface area contributed by atoms with Gasteiger partial charge in [-0.25, -0.2) is 0 Å². The zero-order chi connectivity index (χ0) is 11.2. The number of phenols is 1. The van der Waals surface area contributed by atoms with Crippen molar-refractivity contribution in [3.8, 4) is 11.8 Å². The van der Waals surface area contributed by atoms with Gasteiger partial charge in [-0.15, -0.1) is 0 Å². The Balaban J connectivity index is 2.65. The first-order chi connectivity index (χ1) is 7.02. The van der Waals surface area contributed by atoms with Crippen molar-refractivity contribution in [1.29, 1.82) is 5.26 Å². The molecule has 1 aromatic rings. The number of hydrogen-bond acceptors (Lipinski definition) is 2. The van der Waals surface area contributed by atoms with Gasteiger partial charge in [0, 0.05) is 0 Å². The van der Waals surface area contributed by atoms with Crippen LogP contribution in [-0.4, -0.2) is 5.11 Å².